The molecule has 0 heterocycles. The second kappa shape index (κ2) is 6.88. The molecule has 1 radical (unpaired) electrons. The summed E-state index contributed by atoms with van der Waals surface area (Å²) in [7, 11) is -1.21. The van der Waals surface area contributed by atoms with E-state index in [1.807, 2.05) is 12.1 Å². The fourth-order valence-corrected chi connectivity index (χ4v) is 4.05. The average molecular weight is 295 g/mol. The minimum Gasteiger partial charge on any atom is -0.407 e. The second-order valence-corrected chi connectivity index (χ2v) is 8.12. The molecule has 21 heavy (non-hydrogen) atoms. The Labute approximate surface area is 130 Å². The first kappa shape index (κ1) is 15.7. The Balaban J connectivity index is 2.24. The largest absolute Gasteiger partial charge is 0.407 e. The summed E-state index contributed by atoms with van der Waals surface area (Å²) in [4.78, 5) is 0. The summed E-state index contributed by atoms with van der Waals surface area (Å²) in [6, 6.07) is 21.1. The summed E-state index contributed by atoms with van der Waals surface area (Å²) in [5, 5.41) is 2.57. The van der Waals surface area contributed by atoms with Gasteiger partial charge in [-0.2, -0.15) is 0 Å². The van der Waals surface area contributed by atoms with E-state index in [1.165, 1.54) is 10.4 Å². The maximum absolute atomic E-state index is 6.38. The average Bonchev–Trinajstić information content (AvgIpc) is 2.49. The molecule has 0 unspecified atom stereocenters. The number of hydrogen-bond acceptors (Lipinski definition) is 1. The van der Waals surface area contributed by atoms with Gasteiger partial charge < -0.3 is 4.43 Å². The van der Waals surface area contributed by atoms with Crippen molar-refractivity contribution >= 4 is 19.4 Å². The van der Waals surface area contributed by atoms with Gasteiger partial charge in [-0.1, -0.05) is 86.7 Å². The molecule has 2 heteroatoms. The molecule has 0 aliphatic carbocycles. The van der Waals surface area contributed by atoms with Gasteiger partial charge in [-0.05, 0) is 17.3 Å². The third-order valence-corrected chi connectivity index (χ3v) is 5.95. The highest BCUT2D eigenvalue weighted by Crippen LogP contribution is 2.24. The van der Waals surface area contributed by atoms with Crippen molar-refractivity contribution in [2.24, 2.45) is 5.41 Å². The summed E-state index contributed by atoms with van der Waals surface area (Å²) in [6.07, 6.45) is 0. The first-order valence-electron chi connectivity index (χ1n) is 7.27. The lowest BCUT2D eigenvalue weighted by Crippen LogP contribution is -2.46. The van der Waals surface area contributed by atoms with Gasteiger partial charge in [-0.15, -0.1) is 0 Å². The molecule has 0 fully saturated rings. The Morgan fingerprint density at radius 1 is 0.952 bits per heavy atom. The van der Waals surface area contributed by atoms with Crippen molar-refractivity contribution in [2.75, 3.05) is 6.61 Å². The normalized spacial score (nSPS) is 11.6. The topological polar surface area (TPSA) is 9.23 Å². The van der Waals surface area contributed by atoms with Crippen LogP contribution in [0.5, 0.6) is 0 Å². The molecule has 0 atom stereocenters. The summed E-state index contributed by atoms with van der Waals surface area (Å²) in [5.41, 5.74) is 1.16. The summed E-state index contributed by atoms with van der Waals surface area (Å²) in [6.45, 7) is 11.2. The number of rotatable bonds is 6. The highest BCUT2D eigenvalue weighted by molar-refractivity contribution is 6.80. The van der Waals surface area contributed by atoms with E-state index in [2.05, 4.69) is 75.9 Å². The van der Waals surface area contributed by atoms with E-state index in [0.29, 0.717) is 6.61 Å². The molecule has 0 saturated heterocycles. The van der Waals surface area contributed by atoms with Crippen LogP contribution in [0.25, 0.3) is 0 Å². The van der Waals surface area contributed by atoms with E-state index < -0.39 is 9.04 Å². The SMILES string of the molecule is C=C(C)C(C)(C)CO[Si](c1ccccc1)c1ccccc1. The van der Waals surface area contributed by atoms with Crippen LogP contribution in [0.2, 0.25) is 0 Å². The van der Waals surface area contributed by atoms with E-state index >= 15 is 0 Å². The molecule has 0 spiro atoms. The summed E-state index contributed by atoms with van der Waals surface area (Å²) >= 11 is 0. The van der Waals surface area contributed by atoms with Crippen LogP contribution in [0.3, 0.4) is 0 Å². The molecule has 0 N–H and O–H groups in total. The Morgan fingerprint density at radius 2 is 1.38 bits per heavy atom. The molecule has 2 rings (SSSR count). The van der Waals surface area contributed by atoms with Crippen LogP contribution in [-0.2, 0) is 4.43 Å². The van der Waals surface area contributed by atoms with Crippen LogP contribution < -0.4 is 10.4 Å². The Bertz CT molecular complexity index is 536. The predicted octanol–water partition coefficient (Wildman–Crippen LogP) is 3.41. The van der Waals surface area contributed by atoms with Crippen molar-refractivity contribution in [1.82, 2.24) is 0 Å². The van der Waals surface area contributed by atoms with E-state index in [9.17, 15) is 0 Å². The van der Waals surface area contributed by atoms with Crippen LogP contribution in [0, 0.1) is 5.41 Å². The van der Waals surface area contributed by atoms with E-state index in [-0.39, 0.29) is 5.41 Å². The third kappa shape index (κ3) is 4.16. The lowest BCUT2D eigenvalue weighted by atomic mass is 9.87. The summed E-state index contributed by atoms with van der Waals surface area (Å²) < 4.78 is 6.38. The van der Waals surface area contributed by atoms with Crippen molar-refractivity contribution in [3.8, 4) is 0 Å². The van der Waals surface area contributed by atoms with E-state index in [0.717, 1.165) is 5.57 Å². The Morgan fingerprint density at radius 3 is 1.76 bits per heavy atom. The van der Waals surface area contributed by atoms with Gasteiger partial charge in [-0.25, -0.2) is 0 Å². The van der Waals surface area contributed by atoms with Crippen LogP contribution >= 0.6 is 0 Å². The maximum Gasteiger partial charge on any atom is 0.282 e. The number of benzene rings is 2. The standard InChI is InChI=1S/C19H23OSi/c1-16(2)19(3,4)15-20-21(17-11-7-5-8-12-17)18-13-9-6-10-14-18/h5-14H,1,15H2,2-4H3. The molecule has 2 aromatic rings. The van der Waals surface area contributed by atoms with Gasteiger partial charge in [0, 0.05) is 12.0 Å². The molecule has 0 bridgehead atoms. The molecule has 0 aromatic heterocycles. The van der Waals surface area contributed by atoms with E-state index in [4.69, 9.17) is 4.43 Å². The molecular formula is C19H23OSi. The maximum atomic E-state index is 6.38. The predicted molar refractivity (Wildman–Crippen MR) is 92.5 cm³/mol. The van der Waals surface area contributed by atoms with Crippen molar-refractivity contribution in [3.63, 3.8) is 0 Å². The fourth-order valence-electron chi connectivity index (χ4n) is 1.89. The summed E-state index contributed by atoms with van der Waals surface area (Å²) in [5.74, 6) is 0. The minimum atomic E-state index is -1.21. The zero-order valence-corrected chi connectivity index (χ0v) is 14.1. The molecule has 0 amide bonds. The zero-order valence-electron chi connectivity index (χ0n) is 13.1. The first-order valence-corrected chi connectivity index (χ1v) is 8.68. The third-order valence-electron chi connectivity index (χ3n) is 3.80. The molecule has 0 aliphatic rings. The van der Waals surface area contributed by atoms with Gasteiger partial charge in [0.2, 0.25) is 0 Å². The molecule has 1 nitrogen and oxygen atoms in total. The fraction of sp³-hybridized carbons (Fsp3) is 0.263. The van der Waals surface area contributed by atoms with Gasteiger partial charge >= 0.3 is 0 Å². The highest BCUT2D eigenvalue weighted by Gasteiger charge is 2.25. The van der Waals surface area contributed by atoms with Crippen molar-refractivity contribution in [1.29, 1.82) is 0 Å². The number of hydrogen-bond donors (Lipinski definition) is 0. The zero-order chi connectivity index (χ0) is 15.3. The molecule has 2 aromatic carbocycles. The van der Waals surface area contributed by atoms with Crippen molar-refractivity contribution in [3.05, 3.63) is 72.8 Å². The quantitative estimate of drug-likeness (QED) is 0.586. The van der Waals surface area contributed by atoms with Gasteiger partial charge in [0.1, 0.15) is 0 Å². The Kier molecular flexibility index (Phi) is 5.15. The van der Waals surface area contributed by atoms with Gasteiger partial charge in [0.15, 0.2) is 0 Å². The molecular weight excluding hydrogens is 272 g/mol. The molecule has 109 valence electrons. The monoisotopic (exact) mass is 295 g/mol. The van der Waals surface area contributed by atoms with Crippen LogP contribution in [0.1, 0.15) is 20.8 Å². The van der Waals surface area contributed by atoms with Crippen molar-refractivity contribution < 1.29 is 4.43 Å². The van der Waals surface area contributed by atoms with Crippen LogP contribution in [-0.4, -0.2) is 15.6 Å². The lowest BCUT2D eigenvalue weighted by Gasteiger charge is -2.27. The van der Waals surface area contributed by atoms with Crippen LogP contribution in [0.4, 0.5) is 0 Å². The smallest absolute Gasteiger partial charge is 0.282 e. The minimum absolute atomic E-state index is 0.000518. The van der Waals surface area contributed by atoms with Crippen molar-refractivity contribution in [2.45, 2.75) is 20.8 Å². The van der Waals surface area contributed by atoms with Crippen LogP contribution in [0.15, 0.2) is 72.8 Å². The molecule has 0 saturated carbocycles. The lowest BCUT2D eigenvalue weighted by molar-refractivity contribution is 0.219. The van der Waals surface area contributed by atoms with Gasteiger partial charge in [0.25, 0.3) is 9.04 Å². The van der Waals surface area contributed by atoms with Gasteiger partial charge in [0.05, 0.1) is 0 Å². The van der Waals surface area contributed by atoms with E-state index in [1.54, 1.807) is 0 Å². The first-order chi connectivity index (χ1) is 10.0. The van der Waals surface area contributed by atoms with Gasteiger partial charge in [-0.3, -0.25) is 0 Å². The molecule has 0 aliphatic heterocycles. The highest BCUT2D eigenvalue weighted by atomic mass is 28.3. The Hall–Kier alpha value is -1.64. The second-order valence-electron chi connectivity index (χ2n) is 6.01.